The molecule has 1 aromatic rings. The lowest BCUT2D eigenvalue weighted by atomic mass is 10.1. The molecule has 21 nitrogen and oxygen atoms in total. The number of hydrogen-bond acceptors (Lipinski definition) is 16. The molecule has 1 aliphatic heterocycles. The molecule has 0 aromatic carbocycles. The summed E-state index contributed by atoms with van der Waals surface area (Å²) in [5.74, 6) is 5.30. The highest BCUT2D eigenvalue weighted by molar-refractivity contribution is 8.76. The highest BCUT2D eigenvalue weighted by Gasteiger charge is 2.43. The summed E-state index contributed by atoms with van der Waals surface area (Å²) >= 11 is 0. The van der Waals surface area contributed by atoms with Crippen LogP contribution in [0, 0.1) is 11.8 Å². The number of nitrogens with zero attached hydrogens (tertiary/aromatic N) is 2. The Hall–Kier alpha value is -2.12. The summed E-state index contributed by atoms with van der Waals surface area (Å²) in [5, 5.41) is 15.7. The number of amides is 2. The molecule has 0 bridgehead atoms. The molecule has 6 unspecified atom stereocenters. The van der Waals surface area contributed by atoms with Crippen molar-refractivity contribution in [1.29, 1.82) is 0 Å². The van der Waals surface area contributed by atoms with Gasteiger partial charge in [-0.1, -0.05) is 66.0 Å². The molecule has 0 saturated carbocycles. The highest BCUT2D eigenvalue weighted by atomic mass is 33.1. The molecular weight excluding hydrogens is 807 g/mol. The van der Waals surface area contributed by atoms with Gasteiger partial charge in [0.1, 0.15) is 18.1 Å². The zero-order valence-corrected chi connectivity index (χ0v) is 33.0. The van der Waals surface area contributed by atoms with Crippen LogP contribution in [-0.4, -0.2) is 94.7 Å². The van der Waals surface area contributed by atoms with E-state index in [9.17, 15) is 47.8 Å². The normalized spacial score (nSPS) is 20.0. The molecule has 1 aliphatic rings. The van der Waals surface area contributed by atoms with Crippen molar-refractivity contribution in [2.75, 3.05) is 30.4 Å². The van der Waals surface area contributed by atoms with Crippen LogP contribution in [0.1, 0.15) is 77.0 Å². The zero-order valence-electron chi connectivity index (χ0n) is 28.7. The average Bonchev–Trinajstić information content (AvgIpc) is 3.39. The number of nitrogens with one attached hydrogen (secondary N) is 2. The van der Waals surface area contributed by atoms with E-state index in [0.29, 0.717) is 17.9 Å². The Kier molecular flexibility index (Phi) is 19.9. The highest BCUT2D eigenvalue weighted by Crippen LogP contribution is 2.66. The van der Waals surface area contributed by atoms with Crippen molar-refractivity contribution in [3.8, 4) is 11.8 Å². The average molecular weight is 852 g/mol. The maximum Gasteiger partial charge on any atom is 0.490 e. The van der Waals surface area contributed by atoms with Gasteiger partial charge in [-0.25, -0.2) is 18.5 Å². The zero-order chi connectivity index (χ0) is 39.8. The van der Waals surface area contributed by atoms with E-state index in [0.717, 1.165) is 36.7 Å². The number of nitrogens with two attached hydrogens (primary N) is 1. The molecule has 0 spiro atoms. The monoisotopic (exact) mass is 851 g/mol. The van der Waals surface area contributed by atoms with E-state index in [1.807, 2.05) is 0 Å². The minimum Gasteiger partial charge on any atom is -0.390 e. The lowest BCUT2D eigenvalue weighted by molar-refractivity contribution is -0.126. The van der Waals surface area contributed by atoms with Gasteiger partial charge >= 0.3 is 29.2 Å². The van der Waals surface area contributed by atoms with Crippen LogP contribution in [0.2, 0.25) is 0 Å². The second-order valence-electron chi connectivity index (χ2n) is 11.4. The number of nitrogen functional groups attached to an aromatic ring is 1. The molecule has 2 rings (SSSR count). The molecule has 2 amide bonds. The van der Waals surface area contributed by atoms with Crippen molar-refractivity contribution in [2.45, 2.75) is 89.7 Å². The summed E-state index contributed by atoms with van der Waals surface area (Å²) in [6.07, 6.45) is 2.48. The van der Waals surface area contributed by atoms with Crippen LogP contribution in [0.3, 0.4) is 0 Å². The Morgan fingerprint density at radius 2 is 1.79 bits per heavy atom. The number of aliphatic hydroxyl groups excluding tert-OH is 1. The van der Waals surface area contributed by atoms with Crippen molar-refractivity contribution in [3.05, 3.63) is 22.2 Å². The Bertz CT molecular complexity index is 1690. The topological polar surface area (TPSA) is 325 Å². The molecule has 300 valence electrons. The first-order valence-corrected chi connectivity index (χ1v) is 23.0. The maximum absolute atomic E-state index is 12.6. The van der Waals surface area contributed by atoms with E-state index < -0.39 is 60.2 Å². The summed E-state index contributed by atoms with van der Waals surface area (Å²) in [6, 6.07) is -0.595. The standard InChI is InChI=1S/C27H44N5O16P3S2/c1-3-4-5-6-7-10-21(34)20(30-18(2)33)17-53-52-13-11-24(36)29-12-8-9-19-15-32(27(37)31-26(19)28)25-14-22(35)23(46-25)16-45-50(41,42)48-51(43,44)47-49(38,39)40/h15,20,22-23,25,35H,3-7,10-14,16-17H2,1-2H3,(H,29,36)(H,30,33)(H,41,42)(H,43,44)(H2,28,31,37)(H2,38,39,40). The summed E-state index contributed by atoms with van der Waals surface area (Å²) < 4.78 is 52.4. The van der Waals surface area contributed by atoms with E-state index in [1.54, 1.807) is 0 Å². The number of Topliss-reactive ketones (excluding diaryl/α,β-unsaturated/α-hetero) is 1. The van der Waals surface area contributed by atoms with Gasteiger partial charge in [0.15, 0.2) is 5.78 Å². The number of aliphatic hydroxyl groups is 1. The molecule has 2 heterocycles. The van der Waals surface area contributed by atoms with Crippen LogP contribution < -0.4 is 22.1 Å². The maximum atomic E-state index is 12.6. The second-order valence-corrected chi connectivity index (χ2v) is 18.4. The number of aromatic nitrogens is 2. The predicted octanol–water partition coefficient (Wildman–Crippen LogP) is 1.49. The molecular formula is C27H44N5O16P3S2. The van der Waals surface area contributed by atoms with Crippen molar-refractivity contribution in [3.63, 3.8) is 0 Å². The van der Waals surface area contributed by atoms with E-state index >= 15 is 0 Å². The number of rotatable bonds is 23. The van der Waals surface area contributed by atoms with Gasteiger partial charge in [0, 0.05) is 43.9 Å². The van der Waals surface area contributed by atoms with Crippen molar-refractivity contribution >= 4 is 68.5 Å². The molecule has 1 saturated heterocycles. The molecule has 26 heteroatoms. The van der Waals surface area contributed by atoms with Crippen LogP contribution in [0.4, 0.5) is 5.82 Å². The van der Waals surface area contributed by atoms with Crippen LogP contribution in [-0.2, 0) is 46.0 Å². The minimum absolute atomic E-state index is 0.0161. The van der Waals surface area contributed by atoms with Gasteiger partial charge in [-0.2, -0.15) is 13.6 Å². The van der Waals surface area contributed by atoms with Crippen LogP contribution in [0.5, 0.6) is 0 Å². The molecule has 1 fully saturated rings. The van der Waals surface area contributed by atoms with E-state index in [-0.39, 0.29) is 48.4 Å². The lowest BCUT2D eigenvalue weighted by Gasteiger charge is -2.19. The molecule has 0 radical (unpaired) electrons. The fourth-order valence-electron chi connectivity index (χ4n) is 4.51. The predicted molar refractivity (Wildman–Crippen MR) is 193 cm³/mol. The van der Waals surface area contributed by atoms with E-state index in [2.05, 4.69) is 47.5 Å². The van der Waals surface area contributed by atoms with Gasteiger partial charge in [-0.15, -0.1) is 0 Å². The van der Waals surface area contributed by atoms with Crippen LogP contribution in [0.15, 0.2) is 11.0 Å². The van der Waals surface area contributed by atoms with Crippen LogP contribution in [0.25, 0.3) is 0 Å². The van der Waals surface area contributed by atoms with Crippen LogP contribution >= 0.6 is 45.1 Å². The number of ketones is 1. The smallest absolute Gasteiger partial charge is 0.390 e. The van der Waals surface area contributed by atoms with E-state index in [4.69, 9.17) is 20.3 Å². The first-order valence-electron chi connectivity index (χ1n) is 16.0. The number of unbranched alkanes of at least 4 members (excludes halogenated alkanes) is 4. The third kappa shape index (κ3) is 18.9. The number of anilines is 1. The number of ether oxygens (including phenoxy) is 1. The fraction of sp³-hybridized carbons (Fsp3) is 0.667. The molecule has 6 atom stereocenters. The SMILES string of the molecule is CCCCCCCC(=O)C(CSSCCC(=O)NCC#Cc1cn(C2CC(O)C(COP(=O)(O)OP(=O)(O)OP(=O)(O)O)O2)c(=O)nc1N)NC(C)=O. The number of carbonyl (C=O) groups excluding carboxylic acids is 3. The Morgan fingerprint density at radius 1 is 1.09 bits per heavy atom. The number of phosphoric ester groups is 1. The minimum atomic E-state index is -5.76. The number of carbonyl (C=O) groups is 3. The molecule has 53 heavy (non-hydrogen) atoms. The first-order chi connectivity index (χ1) is 24.7. The summed E-state index contributed by atoms with van der Waals surface area (Å²) in [6.45, 7) is 2.44. The summed E-state index contributed by atoms with van der Waals surface area (Å²) in [5.41, 5.74) is 4.98. The third-order valence-electron chi connectivity index (χ3n) is 6.93. The fourth-order valence-corrected chi connectivity index (χ4v) is 9.73. The Labute approximate surface area is 312 Å². The largest absolute Gasteiger partial charge is 0.490 e. The van der Waals surface area contributed by atoms with Gasteiger partial charge in [0.2, 0.25) is 11.8 Å². The molecule has 0 aliphatic carbocycles. The Morgan fingerprint density at radius 3 is 2.45 bits per heavy atom. The quantitative estimate of drug-likeness (QED) is 0.0335. The lowest BCUT2D eigenvalue weighted by Crippen LogP contribution is -2.41. The van der Waals surface area contributed by atoms with Gasteiger partial charge < -0.3 is 45.8 Å². The number of phosphoric acid groups is 3. The molecule has 9 N–H and O–H groups in total. The summed E-state index contributed by atoms with van der Waals surface area (Å²) in [7, 11) is -14.1. The van der Waals surface area contributed by atoms with Crippen molar-refractivity contribution < 1.29 is 70.6 Å². The first kappa shape index (κ1) is 47.0. The van der Waals surface area contributed by atoms with Gasteiger partial charge in [-0.3, -0.25) is 23.5 Å². The third-order valence-corrected chi connectivity index (χ3v) is 13.2. The number of hydrogen-bond donors (Lipinski definition) is 8. The van der Waals surface area contributed by atoms with Crippen molar-refractivity contribution in [1.82, 2.24) is 20.2 Å². The summed E-state index contributed by atoms with van der Waals surface area (Å²) in [4.78, 5) is 88.8. The second kappa shape index (κ2) is 22.4. The van der Waals surface area contributed by atoms with Gasteiger partial charge in [-0.05, 0) is 6.42 Å². The van der Waals surface area contributed by atoms with Crippen molar-refractivity contribution in [2.24, 2.45) is 0 Å². The van der Waals surface area contributed by atoms with Gasteiger partial charge in [0.05, 0.1) is 30.9 Å². The van der Waals surface area contributed by atoms with E-state index in [1.165, 1.54) is 34.7 Å². The molecule has 1 aromatic heterocycles. The van der Waals surface area contributed by atoms with Gasteiger partial charge in [0.25, 0.3) is 0 Å². The Balaban J connectivity index is 1.85.